The number of aliphatic hydroxyl groups is 1. The third kappa shape index (κ3) is 30.2. The highest BCUT2D eigenvalue weighted by Crippen LogP contribution is 2.23. The fourth-order valence-corrected chi connectivity index (χ4v) is 11.4. The van der Waals surface area contributed by atoms with Crippen molar-refractivity contribution in [2.24, 2.45) is 11.7 Å². The van der Waals surface area contributed by atoms with Crippen LogP contribution >= 0.6 is 0 Å². The van der Waals surface area contributed by atoms with E-state index in [1.807, 2.05) is 0 Å². The molecule has 3 aliphatic heterocycles. The Morgan fingerprint density at radius 2 is 1.02 bits per heavy atom. The minimum atomic E-state index is -1.93. The lowest BCUT2D eigenvalue weighted by Crippen LogP contribution is -2.63. The predicted octanol–water partition coefficient (Wildman–Crippen LogP) is -2.70. The summed E-state index contributed by atoms with van der Waals surface area (Å²) in [5.41, 5.74) is 5.74. The number of carbonyl (C=O) groups excluding carboxylic acids is 13. The van der Waals surface area contributed by atoms with Gasteiger partial charge in [0, 0.05) is 26.1 Å². The fourth-order valence-electron chi connectivity index (χ4n) is 11.4. The summed E-state index contributed by atoms with van der Waals surface area (Å²) >= 11 is 0. The largest absolute Gasteiger partial charge is 0.481 e. The maximum Gasteiger partial charge on any atom is 0.305 e. The normalized spacial score (nSPS) is 23.1. The van der Waals surface area contributed by atoms with Gasteiger partial charge in [0.05, 0.1) is 45.0 Å². The summed E-state index contributed by atoms with van der Waals surface area (Å²) in [6.45, 7) is 2.89. The first-order valence-corrected chi connectivity index (χ1v) is 34.0. The van der Waals surface area contributed by atoms with Crippen molar-refractivity contribution < 1.29 is 97.1 Å². The third-order valence-corrected chi connectivity index (χ3v) is 17.1. The molecule has 0 aromatic rings. The van der Waals surface area contributed by atoms with Crippen LogP contribution in [0.25, 0.3) is 0 Å². The van der Waals surface area contributed by atoms with Crippen LogP contribution in [0.4, 0.5) is 0 Å². The zero-order valence-electron chi connectivity index (χ0n) is 56.3. The summed E-state index contributed by atoms with van der Waals surface area (Å²) in [6, 6.07) is -14.8. The van der Waals surface area contributed by atoms with Gasteiger partial charge in [0.1, 0.15) is 54.4 Å². The highest BCUT2D eigenvalue weighted by Gasteiger charge is 2.43. The standard InChI is InChI=1S/C63H104N14O20/c1-5-7-8-9-10-11-12-13-14-15-16-17-26-46(79)69-39(23-18-20-27-64)57(91)72-42(32-52(87)88)58(92)73-43-33-65-59(93)45-25-22-29-77(45)63(97)53(37(3)6-2)75-61(95)54(38(4)78)74-49(82)36-67-56(90)41(31-51(85)86)70-47(80)34-66-55(89)40(30-50(83)84)71-48(81)35-68-60(94)44-24-19-21-28-76(44)62(43)96/h37-45,53-54,78H,5-36,64H2,1-4H3,(H,65,93)(H,66,89)(H,67,90)(H,68,94)(H,69,79)(H,70,80)(H,71,81)(H,72,91)(H,73,92)(H,74,82)(H,75,95)(H,83,84)(H,85,86)(H,87,88)/t37-,38-,39+,40+,41+,42+,43+,44+,45+,53+,54+/m1/s1. The van der Waals surface area contributed by atoms with Crippen LogP contribution in [0.2, 0.25) is 0 Å². The molecule has 0 aromatic carbocycles. The van der Waals surface area contributed by atoms with Crippen LogP contribution in [-0.2, 0) is 76.7 Å². The van der Waals surface area contributed by atoms with Crippen molar-refractivity contribution in [2.45, 2.75) is 249 Å². The molecule has 0 radical (unpaired) electrons. The first kappa shape index (κ1) is 82.7. The molecule has 11 atom stereocenters. The van der Waals surface area contributed by atoms with Crippen molar-refractivity contribution in [3.63, 3.8) is 0 Å². The van der Waals surface area contributed by atoms with Gasteiger partial charge in [-0.25, -0.2) is 0 Å². The van der Waals surface area contributed by atoms with Crippen LogP contribution in [0.1, 0.15) is 188 Å². The molecular formula is C63H104N14O20. The molecule has 0 unspecified atom stereocenters. The summed E-state index contributed by atoms with van der Waals surface area (Å²) in [5.74, 6) is -18.9. The second kappa shape index (κ2) is 44.3. The molecule has 34 nitrogen and oxygen atoms in total. The summed E-state index contributed by atoms with van der Waals surface area (Å²) in [5, 5.41) is 65.6. The Kier molecular flexibility index (Phi) is 37.8. The Morgan fingerprint density at radius 1 is 0.526 bits per heavy atom. The number of nitrogens with two attached hydrogens (primary N) is 1. The number of hydrogen-bond acceptors (Lipinski definition) is 18. The number of carbonyl (C=O) groups is 16. The number of aliphatic carboxylic acids is 3. The lowest BCUT2D eigenvalue weighted by atomic mass is 9.96. The lowest BCUT2D eigenvalue weighted by molar-refractivity contribution is -0.146. The van der Waals surface area contributed by atoms with Gasteiger partial charge in [-0.15, -0.1) is 0 Å². The monoisotopic (exact) mass is 1380 g/mol. The van der Waals surface area contributed by atoms with Crippen LogP contribution in [0.3, 0.4) is 0 Å². The van der Waals surface area contributed by atoms with E-state index in [-0.39, 0.29) is 64.6 Å². The molecule has 3 rings (SSSR count). The van der Waals surface area contributed by atoms with Gasteiger partial charge in [-0.05, 0) is 77.2 Å². The van der Waals surface area contributed by atoms with Gasteiger partial charge in [-0.2, -0.15) is 0 Å². The Labute approximate surface area is 564 Å². The molecule has 13 amide bonds. The van der Waals surface area contributed by atoms with E-state index in [9.17, 15) is 92.3 Å². The average molecular weight is 1380 g/mol. The number of nitrogens with one attached hydrogen (secondary N) is 11. The van der Waals surface area contributed by atoms with Gasteiger partial charge in [0.15, 0.2) is 0 Å². The molecule has 0 aliphatic carbocycles. The molecule has 0 spiro atoms. The summed E-state index contributed by atoms with van der Waals surface area (Å²) in [7, 11) is 0. The van der Waals surface area contributed by atoms with Crippen LogP contribution in [0, 0.1) is 5.92 Å². The van der Waals surface area contributed by atoms with Crippen LogP contribution in [-0.4, -0.2) is 231 Å². The van der Waals surface area contributed by atoms with E-state index in [1.165, 1.54) is 38.5 Å². The number of unbranched alkanes of at least 4 members (excludes halogenated alkanes) is 12. The zero-order chi connectivity index (χ0) is 72.1. The smallest absolute Gasteiger partial charge is 0.305 e. The quantitative estimate of drug-likeness (QED) is 0.0314. The molecular weight excluding hydrogens is 1270 g/mol. The molecule has 3 heterocycles. The van der Waals surface area contributed by atoms with E-state index in [0.29, 0.717) is 25.7 Å². The average Bonchev–Trinajstić information content (AvgIpc) is 1.81. The second-order valence-corrected chi connectivity index (χ2v) is 25.0. The van der Waals surface area contributed by atoms with E-state index in [1.54, 1.807) is 13.8 Å². The van der Waals surface area contributed by atoms with Crippen molar-refractivity contribution in [2.75, 3.05) is 45.8 Å². The van der Waals surface area contributed by atoms with Crippen LogP contribution < -0.4 is 64.2 Å². The molecule has 3 saturated heterocycles. The zero-order valence-corrected chi connectivity index (χ0v) is 56.3. The molecule has 17 N–H and O–H groups in total. The number of piperidine rings is 1. The van der Waals surface area contributed by atoms with Gasteiger partial charge in [-0.3, -0.25) is 76.7 Å². The fraction of sp³-hybridized carbons (Fsp3) is 0.746. The maximum atomic E-state index is 15.0. The van der Waals surface area contributed by atoms with Gasteiger partial charge in [-0.1, -0.05) is 97.8 Å². The number of hydrogen-bond donors (Lipinski definition) is 16. The Bertz CT molecular complexity index is 2720. The van der Waals surface area contributed by atoms with Crippen molar-refractivity contribution >= 4 is 94.7 Å². The summed E-state index contributed by atoms with van der Waals surface area (Å²) in [6.07, 6.45) is 9.90. The minimum Gasteiger partial charge on any atom is -0.481 e. The highest BCUT2D eigenvalue weighted by atomic mass is 16.4. The summed E-state index contributed by atoms with van der Waals surface area (Å²) < 4.78 is 0. The van der Waals surface area contributed by atoms with Gasteiger partial charge in [0.25, 0.3) is 0 Å². The first-order valence-electron chi connectivity index (χ1n) is 34.0. The minimum absolute atomic E-state index is 0.0253. The van der Waals surface area contributed by atoms with E-state index in [2.05, 4.69) is 65.4 Å². The van der Waals surface area contributed by atoms with E-state index in [0.717, 1.165) is 48.8 Å². The van der Waals surface area contributed by atoms with Gasteiger partial charge < -0.3 is 94.4 Å². The van der Waals surface area contributed by atoms with Crippen LogP contribution in [0.5, 0.6) is 0 Å². The molecule has 3 fully saturated rings. The van der Waals surface area contributed by atoms with E-state index >= 15 is 4.79 Å². The lowest BCUT2D eigenvalue weighted by Gasteiger charge is -2.37. The van der Waals surface area contributed by atoms with Crippen molar-refractivity contribution in [1.29, 1.82) is 0 Å². The predicted molar refractivity (Wildman–Crippen MR) is 346 cm³/mol. The SMILES string of the molecule is CCCCCCCCCCCCCCC(=O)N[C@@H](CCCCN)C(=O)N[C@@H](CC(=O)O)C(=O)N[C@H]1CNC(=O)[C@@H]2CCCN2C(=O)[C@H]([C@H](C)CC)NC(=O)[C@H]([C@@H](C)O)NC(=O)CNC(=O)[C@H](CC(=O)O)NC(=O)CNC(=O)[C@H](CC(=O)O)NC(=O)CNC(=O)[C@@H]2CCCCN2C1=O. The number of carboxylic acid groups (broad SMARTS) is 3. The number of carboxylic acids is 3. The van der Waals surface area contributed by atoms with Gasteiger partial charge >= 0.3 is 17.9 Å². The number of rotatable bonds is 31. The number of aliphatic hydroxyl groups excluding tert-OH is 1. The maximum absolute atomic E-state index is 15.0. The van der Waals surface area contributed by atoms with Crippen LogP contribution in [0.15, 0.2) is 0 Å². The molecule has 0 saturated carbocycles. The number of amides is 13. The third-order valence-electron chi connectivity index (χ3n) is 17.1. The number of nitrogens with zero attached hydrogens (tertiary/aromatic N) is 2. The highest BCUT2D eigenvalue weighted by molar-refractivity contribution is 6.00. The summed E-state index contributed by atoms with van der Waals surface area (Å²) in [4.78, 5) is 218. The molecule has 34 heteroatoms. The van der Waals surface area contributed by atoms with E-state index in [4.69, 9.17) is 5.73 Å². The molecule has 3 aliphatic rings. The van der Waals surface area contributed by atoms with Crippen molar-refractivity contribution in [1.82, 2.24) is 68.3 Å². The molecule has 0 aromatic heterocycles. The number of fused-ring (bicyclic) bond motifs is 2. The Balaban J connectivity index is 2.04. The molecule has 546 valence electrons. The molecule has 97 heavy (non-hydrogen) atoms. The first-order chi connectivity index (χ1) is 46.1. The van der Waals surface area contributed by atoms with E-state index < -0.39 is 207 Å². The van der Waals surface area contributed by atoms with Gasteiger partial charge in [0.2, 0.25) is 76.8 Å². The second-order valence-electron chi connectivity index (χ2n) is 25.0. The Hall–Kier alpha value is -8.56. The van der Waals surface area contributed by atoms with Crippen molar-refractivity contribution in [3.05, 3.63) is 0 Å². The van der Waals surface area contributed by atoms with Crippen molar-refractivity contribution in [3.8, 4) is 0 Å². The Morgan fingerprint density at radius 3 is 1.54 bits per heavy atom. The molecule has 0 bridgehead atoms. The topological polar surface area (TPSA) is 519 Å².